The zero-order valence-electron chi connectivity index (χ0n) is 7.05. The molecule has 0 aromatic heterocycles. The van der Waals surface area contributed by atoms with Crippen LogP contribution in [0.1, 0.15) is 13.8 Å². The number of carbonyl (C=O) groups is 2. The second-order valence-electron chi connectivity index (χ2n) is 2.44. The first kappa shape index (κ1) is 10.1. The van der Waals surface area contributed by atoms with Gasteiger partial charge in [-0.1, -0.05) is 0 Å². The van der Waals surface area contributed by atoms with Gasteiger partial charge in [0.1, 0.15) is 6.29 Å². The van der Waals surface area contributed by atoms with Crippen LogP contribution in [0.4, 0.5) is 0 Å². The van der Waals surface area contributed by atoms with Gasteiger partial charge in [-0.15, -0.1) is 0 Å². The molecular weight excluding hydrogens is 144 g/mol. The number of nitrogens with one attached hydrogen (secondary N) is 2. The van der Waals surface area contributed by atoms with Crippen LogP contribution in [0.25, 0.3) is 0 Å². The highest BCUT2D eigenvalue weighted by atomic mass is 16.2. The SMILES string of the molecule is CN[C@@H](C)C(=O)N[C@@H](C)C=O. The summed E-state index contributed by atoms with van der Waals surface area (Å²) in [5.74, 6) is -0.160. The molecule has 0 heterocycles. The van der Waals surface area contributed by atoms with E-state index in [1.54, 1.807) is 20.9 Å². The molecule has 0 aromatic rings. The second-order valence-corrected chi connectivity index (χ2v) is 2.44. The lowest BCUT2D eigenvalue weighted by atomic mass is 10.3. The third-order valence-corrected chi connectivity index (χ3v) is 1.40. The fourth-order valence-electron chi connectivity index (χ4n) is 0.515. The van der Waals surface area contributed by atoms with Gasteiger partial charge < -0.3 is 15.4 Å². The molecule has 11 heavy (non-hydrogen) atoms. The summed E-state index contributed by atoms with van der Waals surface area (Å²) in [4.78, 5) is 21.1. The maximum absolute atomic E-state index is 11.0. The molecule has 0 radical (unpaired) electrons. The van der Waals surface area contributed by atoms with Crippen molar-refractivity contribution in [3.05, 3.63) is 0 Å². The van der Waals surface area contributed by atoms with E-state index < -0.39 is 6.04 Å². The largest absolute Gasteiger partial charge is 0.346 e. The Labute approximate surface area is 66.4 Å². The molecule has 0 aliphatic rings. The summed E-state index contributed by atoms with van der Waals surface area (Å²) in [6.07, 6.45) is 0.695. The van der Waals surface area contributed by atoms with Crippen molar-refractivity contribution in [3.63, 3.8) is 0 Å². The van der Waals surface area contributed by atoms with Gasteiger partial charge in [0.2, 0.25) is 5.91 Å². The van der Waals surface area contributed by atoms with Crippen molar-refractivity contribution in [2.75, 3.05) is 7.05 Å². The molecule has 0 aliphatic heterocycles. The van der Waals surface area contributed by atoms with Crippen molar-refractivity contribution >= 4 is 12.2 Å². The van der Waals surface area contributed by atoms with Gasteiger partial charge in [-0.05, 0) is 20.9 Å². The van der Waals surface area contributed by atoms with Gasteiger partial charge >= 0.3 is 0 Å². The standard InChI is InChI=1S/C7H14N2O2/c1-5(4-10)9-7(11)6(2)8-3/h4-6,8H,1-3H3,(H,9,11)/t5-,6-/m0/s1. The fraction of sp³-hybridized carbons (Fsp3) is 0.714. The van der Waals surface area contributed by atoms with E-state index in [0.29, 0.717) is 6.29 Å². The van der Waals surface area contributed by atoms with E-state index >= 15 is 0 Å². The molecule has 0 bridgehead atoms. The van der Waals surface area contributed by atoms with E-state index in [1.807, 2.05) is 0 Å². The van der Waals surface area contributed by atoms with Gasteiger partial charge in [0, 0.05) is 0 Å². The lowest BCUT2D eigenvalue weighted by molar-refractivity contribution is -0.125. The normalized spacial score (nSPS) is 15.2. The summed E-state index contributed by atoms with van der Waals surface area (Å²) >= 11 is 0. The smallest absolute Gasteiger partial charge is 0.237 e. The number of hydrogen-bond donors (Lipinski definition) is 2. The highest BCUT2D eigenvalue weighted by Gasteiger charge is 2.11. The summed E-state index contributed by atoms with van der Waals surface area (Å²) in [5, 5.41) is 5.28. The highest BCUT2D eigenvalue weighted by molar-refractivity contribution is 5.83. The molecule has 4 heteroatoms. The molecule has 0 aliphatic carbocycles. The molecule has 0 saturated heterocycles. The van der Waals surface area contributed by atoms with E-state index in [2.05, 4.69) is 10.6 Å². The second kappa shape index (κ2) is 4.85. The minimum absolute atomic E-state index is 0.160. The van der Waals surface area contributed by atoms with Crippen molar-refractivity contribution in [2.24, 2.45) is 0 Å². The van der Waals surface area contributed by atoms with E-state index in [-0.39, 0.29) is 11.9 Å². The van der Waals surface area contributed by atoms with Crippen molar-refractivity contribution in [1.82, 2.24) is 10.6 Å². The molecule has 0 aromatic carbocycles. The van der Waals surface area contributed by atoms with Crippen LogP contribution >= 0.6 is 0 Å². The molecule has 64 valence electrons. The fourth-order valence-corrected chi connectivity index (χ4v) is 0.515. The van der Waals surface area contributed by atoms with Crippen LogP contribution in [0.5, 0.6) is 0 Å². The number of aldehydes is 1. The molecule has 4 nitrogen and oxygen atoms in total. The number of likely N-dealkylation sites (N-methyl/N-ethyl adjacent to an activating group) is 1. The van der Waals surface area contributed by atoms with Crippen molar-refractivity contribution in [2.45, 2.75) is 25.9 Å². The van der Waals surface area contributed by atoms with Crippen LogP contribution in [-0.2, 0) is 9.59 Å². The van der Waals surface area contributed by atoms with Gasteiger partial charge in [0.25, 0.3) is 0 Å². The predicted molar refractivity (Wildman–Crippen MR) is 42.2 cm³/mol. The molecule has 0 spiro atoms. The number of carbonyl (C=O) groups excluding carboxylic acids is 2. The molecule has 0 fully saturated rings. The van der Waals surface area contributed by atoms with Crippen molar-refractivity contribution in [1.29, 1.82) is 0 Å². The van der Waals surface area contributed by atoms with Gasteiger partial charge in [0.05, 0.1) is 12.1 Å². The van der Waals surface area contributed by atoms with Crippen LogP contribution < -0.4 is 10.6 Å². The Morgan fingerprint density at radius 2 is 2.00 bits per heavy atom. The zero-order valence-corrected chi connectivity index (χ0v) is 7.05. The first-order valence-corrected chi connectivity index (χ1v) is 3.54. The molecule has 0 saturated carbocycles. The van der Waals surface area contributed by atoms with Crippen LogP contribution in [0.15, 0.2) is 0 Å². The Balaban J connectivity index is 3.76. The highest BCUT2D eigenvalue weighted by Crippen LogP contribution is 1.81. The quantitative estimate of drug-likeness (QED) is 0.532. The average Bonchev–Trinajstić information content (AvgIpc) is 2.02. The topological polar surface area (TPSA) is 58.2 Å². The summed E-state index contributed by atoms with van der Waals surface area (Å²) in [5.41, 5.74) is 0. The Hall–Kier alpha value is -0.900. The van der Waals surface area contributed by atoms with Crippen LogP contribution in [0.3, 0.4) is 0 Å². The first-order valence-electron chi connectivity index (χ1n) is 3.54. The summed E-state index contributed by atoms with van der Waals surface area (Å²) in [6.45, 7) is 3.36. The van der Waals surface area contributed by atoms with Crippen molar-refractivity contribution < 1.29 is 9.59 Å². The van der Waals surface area contributed by atoms with Gasteiger partial charge in [-0.2, -0.15) is 0 Å². The van der Waals surface area contributed by atoms with Crippen LogP contribution in [-0.4, -0.2) is 31.3 Å². The third kappa shape index (κ3) is 3.72. The lowest BCUT2D eigenvalue weighted by Gasteiger charge is -2.12. The van der Waals surface area contributed by atoms with Gasteiger partial charge in [0.15, 0.2) is 0 Å². The minimum atomic E-state index is -0.404. The molecule has 0 rings (SSSR count). The summed E-state index contributed by atoms with van der Waals surface area (Å²) in [6, 6.07) is -0.657. The maximum Gasteiger partial charge on any atom is 0.237 e. The van der Waals surface area contributed by atoms with Crippen molar-refractivity contribution in [3.8, 4) is 0 Å². The lowest BCUT2D eigenvalue weighted by Crippen LogP contribution is -2.44. The van der Waals surface area contributed by atoms with E-state index in [1.165, 1.54) is 0 Å². The molecule has 1 amide bonds. The maximum atomic E-state index is 11.0. The number of amides is 1. The van der Waals surface area contributed by atoms with Gasteiger partial charge in [-0.25, -0.2) is 0 Å². The summed E-state index contributed by atoms with van der Waals surface area (Å²) < 4.78 is 0. The molecule has 2 atom stereocenters. The minimum Gasteiger partial charge on any atom is -0.346 e. The molecule has 0 unspecified atom stereocenters. The van der Waals surface area contributed by atoms with Crippen LogP contribution in [0, 0.1) is 0 Å². The monoisotopic (exact) mass is 158 g/mol. The Kier molecular flexibility index (Phi) is 4.45. The third-order valence-electron chi connectivity index (χ3n) is 1.40. The zero-order chi connectivity index (χ0) is 8.85. The number of rotatable bonds is 4. The van der Waals surface area contributed by atoms with Gasteiger partial charge in [-0.3, -0.25) is 4.79 Å². The average molecular weight is 158 g/mol. The Morgan fingerprint density at radius 1 is 1.45 bits per heavy atom. The Bertz CT molecular complexity index is 147. The molecule has 2 N–H and O–H groups in total. The van der Waals surface area contributed by atoms with E-state index in [4.69, 9.17) is 0 Å². The first-order chi connectivity index (χ1) is 5.11. The predicted octanol–water partition coefficient (Wildman–Crippen LogP) is -0.702. The summed E-state index contributed by atoms with van der Waals surface area (Å²) in [7, 11) is 1.69. The van der Waals surface area contributed by atoms with E-state index in [9.17, 15) is 9.59 Å². The van der Waals surface area contributed by atoms with Crippen LogP contribution in [0.2, 0.25) is 0 Å². The van der Waals surface area contributed by atoms with E-state index in [0.717, 1.165) is 0 Å². The Morgan fingerprint density at radius 3 is 2.36 bits per heavy atom. The number of hydrogen-bond acceptors (Lipinski definition) is 3. The molecular formula is C7H14N2O2.